The Hall–Kier alpha value is -1.10. The molecule has 2 heterocycles. The Morgan fingerprint density at radius 1 is 1.38 bits per heavy atom. The van der Waals surface area contributed by atoms with Gasteiger partial charge in [-0.25, -0.2) is 0 Å². The predicted octanol–water partition coefficient (Wildman–Crippen LogP) is 0.900. The zero-order chi connectivity index (χ0) is 11.8. The monoisotopic (exact) mass is 223 g/mol. The van der Waals surface area contributed by atoms with Gasteiger partial charge in [0.25, 0.3) is 0 Å². The van der Waals surface area contributed by atoms with Crippen LogP contribution in [0.4, 0.5) is 5.95 Å². The summed E-state index contributed by atoms with van der Waals surface area (Å²) in [7, 11) is 0. The Balaban J connectivity index is 2.12. The van der Waals surface area contributed by atoms with Gasteiger partial charge in [-0.15, -0.1) is 5.10 Å². The van der Waals surface area contributed by atoms with E-state index >= 15 is 0 Å². The number of anilines is 1. The van der Waals surface area contributed by atoms with Gasteiger partial charge < -0.3 is 10.2 Å². The van der Waals surface area contributed by atoms with Crippen LogP contribution in [0, 0.1) is 0 Å². The molecule has 1 fully saturated rings. The predicted molar refractivity (Wildman–Crippen MR) is 64.8 cm³/mol. The standard InChI is InChI=1S/C11H21N5/c1-8-7-16(6-5-12-8)10-13-9(14-15-10)11(2,3)4/h8,12H,5-7H2,1-4H3,(H,13,14,15)/t8-/m1/s1. The first-order valence-electron chi connectivity index (χ1n) is 5.88. The average Bonchev–Trinajstić information content (AvgIpc) is 2.65. The topological polar surface area (TPSA) is 56.8 Å². The molecule has 0 saturated carbocycles. The summed E-state index contributed by atoms with van der Waals surface area (Å²) in [5.74, 6) is 1.78. The number of aromatic nitrogens is 3. The second-order valence-corrected chi connectivity index (χ2v) is 5.54. The second-order valence-electron chi connectivity index (χ2n) is 5.54. The first-order valence-corrected chi connectivity index (χ1v) is 5.88. The lowest BCUT2D eigenvalue weighted by Gasteiger charge is -2.30. The van der Waals surface area contributed by atoms with Crippen molar-refractivity contribution in [1.82, 2.24) is 20.5 Å². The summed E-state index contributed by atoms with van der Waals surface area (Å²) in [4.78, 5) is 6.80. The van der Waals surface area contributed by atoms with Crippen molar-refractivity contribution in [3.63, 3.8) is 0 Å². The average molecular weight is 223 g/mol. The Morgan fingerprint density at radius 3 is 2.69 bits per heavy atom. The van der Waals surface area contributed by atoms with Crippen molar-refractivity contribution in [3.8, 4) is 0 Å². The lowest BCUT2D eigenvalue weighted by atomic mass is 9.96. The van der Waals surface area contributed by atoms with Gasteiger partial charge in [0.15, 0.2) is 0 Å². The van der Waals surface area contributed by atoms with Gasteiger partial charge in [-0.3, -0.25) is 5.10 Å². The summed E-state index contributed by atoms with van der Waals surface area (Å²) >= 11 is 0. The molecule has 0 radical (unpaired) electrons. The van der Waals surface area contributed by atoms with Crippen LogP contribution in [-0.2, 0) is 5.41 Å². The van der Waals surface area contributed by atoms with E-state index in [0.29, 0.717) is 6.04 Å². The molecule has 1 aliphatic rings. The van der Waals surface area contributed by atoms with Gasteiger partial charge >= 0.3 is 0 Å². The summed E-state index contributed by atoms with van der Waals surface area (Å²) in [6, 6.07) is 0.505. The van der Waals surface area contributed by atoms with Crippen molar-refractivity contribution in [2.75, 3.05) is 24.5 Å². The molecule has 16 heavy (non-hydrogen) atoms. The smallest absolute Gasteiger partial charge is 0.244 e. The minimum absolute atomic E-state index is 0.0326. The molecule has 0 spiro atoms. The molecule has 0 aliphatic carbocycles. The molecular formula is C11H21N5. The minimum Gasteiger partial charge on any atom is -0.337 e. The van der Waals surface area contributed by atoms with E-state index in [9.17, 15) is 0 Å². The summed E-state index contributed by atoms with van der Waals surface area (Å²) in [6.07, 6.45) is 0. The van der Waals surface area contributed by atoms with Gasteiger partial charge in [0.05, 0.1) is 0 Å². The highest BCUT2D eigenvalue weighted by Gasteiger charge is 2.23. The Kier molecular flexibility index (Phi) is 2.88. The van der Waals surface area contributed by atoms with E-state index in [1.165, 1.54) is 0 Å². The van der Waals surface area contributed by atoms with Crippen molar-refractivity contribution in [2.45, 2.75) is 39.2 Å². The van der Waals surface area contributed by atoms with Crippen LogP contribution in [0.25, 0.3) is 0 Å². The number of aromatic amines is 1. The third kappa shape index (κ3) is 2.35. The van der Waals surface area contributed by atoms with Crippen molar-refractivity contribution >= 4 is 5.95 Å². The highest BCUT2D eigenvalue weighted by molar-refractivity contribution is 5.31. The SMILES string of the molecule is C[C@@H]1CN(c2n[nH]c(C(C)(C)C)n2)CCN1. The van der Waals surface area contributed by atoms with E-state index in [1.54, 1.807) is 0 Å². The molecule has 5 nitrogen and oxygen atoms in total. The maximum absolute atomic E-state index is 4.57. The molecule has 0 bridgehead atoms. The summed E-state index contributed by atoms with van der Waals surface area (Å²) in [5, 5.41) is 10.7. The van der Waals surface area contributed by atoms with E-state index in [1.807, 2.05) is 0 Å². The zero-order valence-corrected chi connectivity index (χ0v) is 10.5. The first kappa shape index (κ1) is 11.4. The lowest BCUT2D eigenvalue weighted by Crippen LogP contribution is -2.49. The number of hydrogen-bond acceptors (Lipinski definition) is 4. The molecule has 2 rings (SSSR count). The Labute approximate surface area is 96.6 Å². The molecule has 0 amide bonds. The third-order valence-electron chi connectivity index (χ3n) is 2.84. The molecule has 1 aliphatic heterocycles. The largest absolute Gasteiger partial charge is 0.337 e. The number of rotatable bonds is 1. The lowest BCUT2D eigenvalue weighted by molar-refractivity contribution is 0.479. The molecule has 1 aromatic heterocycles. The van der Waals surface area contributed by atoms with Crippen LogP contribution in [-0.4, -0.2) is 40.9 Å². The van der Waals surface area contributed by atoms with Crippen molar-refractivity contribution in [1.29, 1.82) is 0 Å². The molecule has 0 aromatic carbocycles. The molecule has 90 valence electrons. The number of nitrogens with zero attached hydrogens (tertiary/aromatic N) is 3. The Morgan fingerprint density at radius 2 is 2.12 bits per heavy atom. The number of hydrogen-bond donors (Lipinski definition) is 2. The maximum atomic E-state index is 4.57. The van der Waals surface area contributed by atoms with Crippen LogP contribution < -0.4 is 10.2 Å². The van der Waals surface area contributed by atoms with Gasteiger partial charge in [0, 0.05) is 31.1 Å². The second kappa shape index (κ2) is 4.05. The summed E-state index contributed by atoms with van der Waals surface area (Å²) < 4.78 is 0. The number of piperazine rings is 1. The van der Waals surface area contributed by atoms with E-state index in [-0.39, 0.29) is 5.41 Å². The van der Waals surface area contributed by atoms with Crippen LogP contribution in [0.2, 0.25) is 0 Å². The van der Waals surface area contributed by atoms with Crippen LogP contribution in [0.3, 0.4) is 0 Å². The molecule has 5 heteroatoms. The summed E-state index contributed by atoms with van der Waals surface area (Å²) in [5.41, 5.74) is 0.0326. The normalized spacial score (nSPS) is 22.5. The number of H-pyrrole nitrogens is 1. The van der Waals surface area contributed by atoms with Crippen LogP contribution in [0.1, 0.15) is 33.5 Å². The maximum Gasteiger partial charge on any atom is 0.244 e. The van der Waals surface area contributed by atoms with Crippen LogP contribution >= 0.6 is 0 Å². The number of nitrogens with one attached hydrogen (secondary N) is 2. The van der Waals surface area contributed by atoms with E-state index in [2.05, 4.69) is 53.1 Å². The fourth-order valence-electron chi connectivity index (χ4n) is 1.84. The molecule has 2 N–H and O–H groups in total. The van der Waals surface area contributed by atoms with Crippen LogP contribution in [0.15, 0.2) is 0 Å². The van der Waals surface area contributed by atoms with Crippen molar-refractivity contribution in [2.24, 2.45) is 0 Å². The molecular weight excluding hydrogens is 202 g/mol. The highest BCUT2D eigenvalue weighted by atomic mass is 15.4. The van der Waals surface area contributed by atoms with Gasteiger partial charge in [0.1, 0.15) is 5.82 Å². The van der Waals surface area contributed by atoms with Crippen molar-refractivity contribution < 1.29 is 0 Å². The molecule has 1 saturated heterocycles. The highest BCUT2D eigenvalue weighted by Crippen LogP contribution is 2.20. The first-order chi connectivity index (χ1) is 7.47. The van der Waals surface area contributed by atoms with Gasteiger partial charge in [0.2, 0.25) is 5.95 Å². The fraction of sp³-hybridized carbons (Fsp3) is 0.818. The van der Waals surface area contributed by atoms with E-state index in [4.69, 9.17) is 0 Å². The van der Waals surface area contributed by atoms with Gasteiger partial charge in [-0.1, -0.05) is 20.8 Å². The quantitative estimate of drug-likeness (QED) is 0.742. The minimum atomic E-state index is 0.0326. The fourth-order valence-corrected chi connectivity index (χ4v) is 1.84. The van der Waals surface area contributed by atoms with Crippen molar-refractivity contribution in [3.05, 3.63) is 5.82 Å². The zero-order valence-electron chi connectivity index (χ0n) is 10.5. The Bertz CT molecular complexity index is 352. The van der Waals surface area contributed by atoms with Gasteiger partial charge in [-0.05, 0) is 6.92 Å². The molecule has 0 unspecified atom stereocenters. The molecule has 1 atom stereocenters. The van der Waals surface area contributed by atoms with Gasteiger partial charge in [-0.2, -0.15) is 4.98 Å². The van der Waals surface area contributed by atoms with E-state index < -0.39 is 0 Å². The summed E-state index contributed by atoms with van der Waals surface area (Å²) in [6.45, 7) is 11.5. The van der Waals surface area contributed by atoms with E-state index in [0.717, 1.165) is 31.4 Å². The van der Waals surface area contributed by atoms with Crippen LogP contribution in [0.5, 0.6) is 0 Å². The third-order valence-corrected chi connectivity index (χ3v) is 2.84. The molecule has 1 aromatic rings.